The van der Waals surface area contributed by atoms with Crippen molar-refractivity contribution in [3.8, 4) is 0 Å². The van der Waals surface area contributed by atoms with Crippen LogP contribution in [0.5, 0.6) is 0 Å². The number of hydrogen-bond acceptors (Lipinski definition) is 6. The van der Waals surface area contributed by atoms with E-state index in [2.05, 4.69) is 59.6 Å². The summed E-state index contributed by atoms with van der Waals surface area (Å²) in [5.41, 5.74) is 3.43. The van der Waals surface area contributed by atoms with E-state index in [1.165, 1.54) is 16.2 Å². The number of aromatic nitrogens is 3. The molecule has 186 valence electrons. The van der Waals surface area contributed by atoms with Crippen molar-refractivity contribution < 1.29 is 0 Å². The third kappa shape index (κ3) is 8.97. The summed E-state index contributed by atoms with van der Waals surface area (Å²) in [6, 6.07) is 10.3. The lowest BCUT2D eigenvalue weighted by molar-refractivity contribution is 0.610. The molecule has 3 N–H and O–H groups in total. The third-order valence-electron chi connectivity index (χ3n) is 4.70. The summed E-state index contributed by atoms with van der Waals surface area (Å²) in [7, 11) is 3.84. The molecule has 6 nitrogen and oxygen atoms in total. The van der Waals surface area contributed by atoms with E-state index in [1.54, 1.807) is 17.8 Å². The fraction of sp³-hybridized carbons (Fsp3) is 0.407. The Morgan fingerprint density at radius 1 is 1.18 bits per heavy atom. The third-order valence-corrected chi connectivity index (χ3v) is 5.79. The van der Waals surface area contributed by atoms with E-state index in [0.29, 0.717) is 0 Å². The Labute approximate surface area is 210 Å². The lowest BCUT2D eigenvalue weighted by atomic mass is 10.1. The quantitative estimate of drug-likeness (QED) is 0.377. The molecule has 0 saturated heterocycles. The standard InChI is InChI=1S/C16H17N5S.C6H10.C3H9N.C2H6/c1-17-15-14(22-12-5-3-2-4-6-12)16-19-10-11-9-18-8-7-13(11)21(16)20-15;1-3-5-6-4-2;1-3-4-2;1-2/h2-6,10,18H,7-9H2,1H3,(H,17,20);3,5-6H,1,4H2,2H3;4H,3H2,1-2H3;1-2H3/b;6-5-;;. The van der Waals surface area contributed by atoms with Gasteiger partial charge in [-0.25, -0.2) is 9.50 Å². The van der Waals surface area contributed by atoms with Crippen LogP contribution >= 0.6 is 11.8 Å². The zero-order chi connectivity index (χ0) is 25.2. The number of anilines is 1. The lowest BCUT2D eigenvalue weighted by Crippen LogP contribution is -2.26. The van der Waals surface area contributed by atoms with E-state index in [0.717, 1.165) is 48.8 Å². The van der Waals surface area contributed by atoms with Crippen molar-refractivity contribution in [2.75, 3.05) is 32.5 Å². The number of nitrogens with zero attached hydrogens (tertiary/aromatic N) is 3. The lowest BCUT2D eigenvalue weighted by Gasteiger charge is -2.17. The molecule has 2 aromatic heterocycles. The van der Waals surface area contributed by atoms with Crippen LogP contribution in [-0.4, -0.2) is 41.8 Å². The predicted octanol–water partition coefficient (Wildman–Crippen LogP) is 5.96. The van der Waals surface area contributed by atoms with Crippen molar-refractivity contribution in [3.63, 3.8) is 0 Å². The van der Waals surface area contributed by atoms with Gasteiger partial charge in [0.1, 0.15) is 4.90 Å². The van der Waals surface area contributed by atoms with Crippen LogP contribution in [0, 0.1) is 0 Å². The van der Waals surface area contributed by atoms with Crippen molar-refractivity contribution in [3.05, 3.63) is 72.6 Å². The first-order valence-corrected chi connectivity index (χ1v) is 12.9. The number of fused-ring (bicyclic) bond motifs is 3. The van der Waals surface area contributed by atoms with Gasteiger partial charge in [-0.1, -0.05) is 82.5 Å². The van der Waals surface area contributed by atoms with Crippen LogP contribution in [0.1, 0.15) is 45.4 Å². The first-order chi connectivity index (χ1) is 16.7. The Kier molecular flexibility index (Phi) is 15.4. The van der Waals surface area contributed by atoms with Crippen LogP contribution in [0.3, 0.4) is 0 Å². The maximum absolute atomic E-state index is 4.74. The number of nitrogens with one attached hydrogen (secondary N) is 3. The summed E-state index contributed by atoms with van der Waals surface area (Å²) in [5, 5.41) is 14.2. The second-order valence-electron chi connectivity index (χ2n) is 7.01. The predicted molar refractivity (Wildman–Crippen MR) is 149 cm³/mol. The summed E-state index contributed by atoms with van der Waals surface area (Å²) in [4.78, 5) is 6.93. The topological polar surface area (TPSA) is 66.3 Å². The molecular weight excluding hydrogens is 440 g/mol. The van der Waals surface area contributed by atoms with Crippen molar-refractivity contribution >= 4 is 23.2 Å². The van der Waals surface area contributed by atoms with Crippen LogP contribution in [0.2, 0.25) is 0 Å². The first kappa shape index (κ1) is 29.4. The van der Waals surface area contributed by atoms with E-state index in [9.17, 15) is 0 Å². The van der Waals surface area contributed by atoms with E-state index in [4.69, 9.17) is 5.10 Å². The van der Waals surface area contributed by atoms with Crippen LogP contribution in [0.25, 0.3) is 5.65 Å². The molecule has 0 radical (unpaired) electrons. The summed E-state index contributed by atoms with van der Waals surface area (Å²) in [5.74, 6) is 0.883. The summed E-state index contributed by atoms with van der Waals surface area (Å²) >= 11 is 1.70. The largest absolute Gasteiger partial charge is 0.371 e. The monoisotopic (exact) mass is 482 g/mol. The van der Waals surface area contributed by atoms with Crippen molar-refractivity contribution in [2.24, 2.45) is 0 Å². The number of rotatable bonds is 6. The average Bonchev–Trinajstić information content (AvgIpc) is 3.27. The average molecular weight is 483 g/mol. The zero-order valence-electron chi connectivity index (χ0n) is 21.7. The van der Waals surface area contributed by atoms with Gasteiger partial charge in [-0.15, -0.1) is 5.10 Å². The van der Waals surface area contributed by atoms with Gasteiger partial charge in [0.25, 0.3) is 0 Å². The Morgan fingerprint density at radius 2 is 1.88 bits per heavy atom. The smallest absolute Gasteiger partial charge is 0.171 e. The molecule has 4 rings (SSSR count). The van der Waals surface area contributed by atoms with Gasteiger partial charge >= 0.3 is 0 Å². The maximum atomic E-state index is 4.74. The molecule has 0 atom stereocenters. The van der Waals surface area contributed by atoms with Gasteiger partial charge in [0.15, 0.2) is 11.5 Å². The highest BCUT2D eigenvalue weighted by Gasteiger charge is 2.20. The number of hydrogen-bond donors (Lipinski definition) is 3. The minimum absolute atomic E-state index is 0.869. The van der Waals surface area contributed by atoms with Gasteiger partial charge in [0, 0.05) is 43.2 Å². The van der Waals surface area contributed by atoms with Gasteiger partial charge in [-0.05, 0) is 32.1 Å². The van der Waals surface area contributed by atoms with Crippen LogP contribution in [-0.2, 0) is 13.0 Å². The van der Waals surface area contributed by atoms with Crippen LogP contribution in [0.15, 0.2) is 71.1 Å². The summed E-state index contributed by atoms with van der Waals surface area (Å²) in [6.45, 7) is 14.6. The molecule has 3 aromatic rings. The molecule has 0 aliphatic carbocycles. The highest BCUT2D eigenvalue weighted by atomic mass is 32.2. The highest BCUT2D eigenvalue weighted by molar-refractivity contribution is 7.99. The molecule has 3 heterocycles. The van der Waals surface area contributed by atoms with Gasteiger partial charge in [0.2, 0.25) is 0 Å². The molecule has 1 aliphatic rings. The summed E-state index contributed by atoms with van der Waals surface area (Å²) < 4.78 is 2.01. The van der Waals surface area contributed by atoms with Gasteiger partial charge in [-0.3, -0.25) is 0 Å². The molecule has 1 aliphatic heterocycles. The Bertz CT molecular complexity index is 980. The first-order valence-electron chi connectivity index (χ1n) is 12.1. The van der Waals surface area contributed by atoms with Gasteiger partial charge in [0.05, 0.1) is 5.69 Å². The molecule has 0 amide bonds. The number of allylic oxidation sites excluding steroid dienone is 3. The summed E-state index contributed by atoms with van der Waals surface area (Å²) in [6.07, 6.45) is 9.85. The molecule has 0 saturated carbocycles. The molecule has 0 spiro atoms. The van der Waals surface area contributed by atoms with Gasteiger partial charge < -0.3 is 16.0 Å². The zero-order valence-corrected chi connectivity index (χ0v) is 22.5. The minimum Gasteiger partial charge on any atom is -0.371 e. The molecule has 0 unspecified atom stereocenters. The van der Waals surface area contributed by atoms with E-state index in [-0.39, 0.29) is 0 Å². The maximum Gasteiger partial charge on any atom is 0.171 e. The van der Waals surface area contributed by atoms with Crippen molar-refractivity contribution in [1.29, 1.82) is 0 Å². The highest BCUT2D eigenvalue weighted by Crippen LogP contribution is 2.36. The van der Waals surface area contributed by atoms with E-state index >= 15 is 0 Å². The second-order valence-corrected chi connectivity index (χ2v) is 8.10. The SMILES string of the molecule is C=C/C=C\CC.CC.CCNC.CNc1nn2c3c(cnc2c1Sc1ccccc1)CNCC3. The molecule has 1 aromatic carbocycles. The molecule has 34 heavy (non-hydrogen) atoms. The molecular formula is C27H42N6S. The Hall–Kier alpha value is -2.61. The fourth-order valence-electron chi connectivity index (χ4n) is 2.99. The van der Waals surface area contributed by atoms with Crippen molar-refractivity contribution in [2.45, 2.75) is 56.9 Å². The Balaban J connectivity index is 0.000000407. The van der Waals surface area contributed by atoms with E-state index < -0.39 is 0 Å². The molecule has 7 heteroatoms. The second kappa shape index (κ2) is 17.8. The van der Waals surface area contributed by atoms with Gasteiger partial charge in [-0.2, -0.15) is 0 Å². The van der Waals surface area contributed by atoms with Crippen LogP contribution in [0.4, 0.5) is 5.82 Å². The Morgan fingerprint density at radius 3 is 2.44 bits per heavy atom. The minimum atomic E-state index is 0.869. The molecule has 0 bridgehead atoms. The van der Waals surface area contributed by atoms with E-state index in [1.807, 2.05) is 62.9 Å². The van der Waals surface area contributed by atoms with Crippen molar-refractivity contribution in [1.82, 2.24) is 25.2 Å². The number of benzene rings is 1. The normalized spacial score (nSPS) is 11.8. The molecule has 0 fully saturated rings. The van der Waals surface area contributed by atoms with Crippen LogP contribution < -0.4 is 16.0 Å². The fourth-order valence-corrected chi connectivity index (χ4v) is 3.99.